The number of halogens is 1. The van der Waals surface area contributed by atoms with Crippen molar-refractivity contribution in [2.45, 2.75) is 20.3 Å². The van der Waals surface area contributed by atoms with Crippen molar-refractivity contribution >= 4 is 45.6 Å². The predicted molar refractivity (Wildman–Crippen MR) is 118 cm³/mol. The van der Waals surface area contributed by atoms with Crippen LogP contribution in [-0.2, 0) is 9.59 Å². The molecule has 5 nitrogen and oxygen atoms in total. The summed E-state index contributed by atoms with van der Waals surface area (Å²) in [5, 5.41) is 4.06. The maximum absolute atomic E-state index is 12.8. The van der Waals surface area contributed by atoms with Crippen molar-refractivity contribution in [3.05, 3.63) is 64.0 Å². The molecular formula is C22H20ClN3O2S. The third-order valence-electron chi connectivity index (χ3n) is 4.97. The molecule has 0 radical (unpaired) electrons. The minimum Gasteiger partial charge on any atom is -0.312 e. The first-order valence-corrected chi connectivity index (χ1v) is 10.5. The summed E-state index contributed by atoms with van der Waals surface area (Å²) >= 11 is 7.50. The molecule has 1 fully saturated rings. The number of hydrogen-bond acceptors (Lipinski definition) is 4. The summed E-state index contributed by atoms with van der Waals surface area (Å²) in [7, 11) is 0. The number of aromatic nitrogens is 1. The summed E-state index contributed by atoms with van der Waals surface area (Å²) in [6.07, 6.45) is 0.200. The monoisotopic (exact) mass is 425 g/mol. The van der Waals surface area contributed by atoms with Crippen LogP contribution in [0.4, 0.5) is 10.8 Å². The van der Waals surface area contributed by atoms with Crippen LogP contribution in [0.25, 0.3) is 11.3 Å². The van der Waals surface area contributed by atoms with Crippen molar-refractivity contribution < 1.29 is 9.59 Å². The number of carbonyl (C=O) groups excluding carboxylic acids is 2. The van der Waals surface area contributed by atoms with Crippen LogP contribution in [0.1, 0.15) is 16.9 Å². The molecule has 29 heavy (non-hydrogen) atoms. The summed E-state index contributed by atoms with van der Waals surface area (Å²) in [4.78, 5) is 32.4. The molecule has 1 saturated heterocycles. The molecule has 1 aliphatic rings. The van der Waals surface area contributed by atoms with E-state index in [2.05, 4.69) is 10.3 Å². The first kappa shape index (κ1) is 19.6. The van der Waals surface area contributed by atoms with Gasteiger partial charge in [-0.3, -0.25) is 9.59 Å². The van der Waals surface area contributed by atoms with E-state index < -0.39 is 5.92 Å². The Morgan fingerprint density at radius 1 is 1.21 bits per heavy atom. The van der Waals surface area contributed by atoms with Crippen molar-refractivity contribution in [1.29, 1.82) is 0 Å². The van der Waals surface area contributed by atoms with Crippen LogP contribution in [-0.4, -0.2) is 23.3 Å². The minimum absolute atomic E-state index is 0.0380. The highest BCUT2D eigenvalue weighted by Gasteiger charge is 2.35. The highest BCUT2D eigenvalue weighted by Crippen LogP contribution is 2.32. The van der Waals surface area contributed by atoms with Crippen molar-refractivity contribution in [3.63, 3.8) is 0 Å². The van der Waals surface area contributed by atoms with Crippen LogP contribution in [0.15, 0.2) is 48.5 Å². The van der Waals surface area contributed by atoms with E-state index >= 15 is 0 Å². The van der Waals surface area contributed by atoms with Gasteiger partial charge in [0.25, 0.3) is 0 Å². The van der Waals surface area contributed by atoms with E-state index in [0.717, 1.165) is 27.4 Å². The second-order valence-corrected chi connectivity index (χ2v) is 8.80. The van der Waals surface area contributed by atoms with Crippen LogP contribution >= 0.6 is 22.9 Å². The Hall–Kier alpha value is -2.70. The summed E-state index contributed by atoms with van der Waals surface area (Å²) < 4.78 is 0. The summed E-state index contributed by atoms with van der Waals surface area (Å²) in [5.74, 6) is -0.620. The number of hydrogen-bond donors (Lipinski definition) is 1. The second kappa shape index (κ2) is 7.97. The molecule has 2 heterocycles. The van der Waals surface area contributed by atoms with Crippen LogP contribution in [0, 0.1) is 19.8 Å². The van der Waals surface area contributed by atoms with Crippen molar-refractivity contribution in [2.24, 2.45) is 5.92 Å². The van der Waals surface area contributed by atoms with Gasteiger partial charge in [-0.25, -0.2) is 4.98 Å². The van der Waals surface area contributed by atoms with Crippen molar-refractivity contribution in [2.75, 3.05) is 16.8 Å². The number of amides is 2. The van der Waals surface area contributed by atoms with Gasteiger partial charge in [0, 0.05) is 34.1 Å². The first-order valence-electron chi connectivity index (χ1n) is 9.32. The van der Waals surface area contributed by atoms with Gasteiger partial charge in [0.1, 0.15) is 0 Å². The molecule has 0 bridgehead atoms. The van der Waals surface area contributed by atoms with E-state index in [0.29, 0.717) is 16.7 Å². The van der Waals surface area contributed by atoms with Gasteiger partial charge in [0.2, 0.25) is 11.8 Å². The lowest BCUT2D eigenvalue weighted by molar-refractivity contribution is -0.122. The number of aryl methyl sites for hydroxylation is 2. The number of anilines is 2. The number of thiazole rings is 1. The number of rotatable bonds is 4. The molecule has 148 valence electrons. The summed E-state index contributed by atoms with van der Waals surface area (Å²) in [5.41, 5.74) is 3.67. The first-order chi connectivity index (χ1) is 13.9. The van der Waals surface area contributed by atoms with Gasteiger partial charge in [-0.15, -0.1) is 11.3 Å². The normalized spacial score (nSPS) is 16.3. The fraction of sp³-hybridized carbons (Fsp3) is 0.227. The van der Waals surface area contributed by atoms with Gasteiger partial charge >= 0.3 is 0 Å². The third-order valence-corrected chi connectivity index (χ3v) is 6.09. The van der Waals surface area contributed by atoms with Gasteiger partial charge in [-0.05, 0) is 38.1 Å². The van der Waals surface area contributed by atoms with Crippen LogP contribution in [0.2, 0.25) is 5.02 Å². The molecule has 0 saturated carbocycles. The molecule has 4 rings (SSSR count). The van der Waals surface area contributed by atoms with Gasteiger partial charge in [0.15, 0.2) is 5.13 Å². The van der Waals surface area contributed by atoms with E-state index in [1.165, 1.54) is 11.3 Å². The maximum Gasteiger partial charge on any atom is 0.231 e. The molecule has 1 aliphatic heterocycles. The van der Waals surface area contributed by atoms with E-state index in [9.17, 15) is 9.59 Å². The average Bonchev–Trinajstić information content (AvgIpc) is 3.25. The van der Waals surface area contributed by atoms with Crippen LogP contribution in [0.5, 0.6) is 0 Å². The molecular weight excluding hydrogens is 406 g/mol. The highest BCUT2D eigenvalue weighted by atomic mass is 35.5. The Kier molecular flexibility index (Phi) is 5.39. The molecule has 3 aromatic rings. The van der Waals surface area contributed by atoms with Crippen molar-refractivity contribution in [3.8, 4) is 11.3 Å². The Morgan fingerprint density at radius 2 is 1.97 bits per heavy atom. The summed E-state index contributed by atoms with van der Waals surface area (Å²) in [6, 6.07) is 15.2. The standard InChI is InChI=1S/C22H20ClN3O2S/c1-13-6-8-18(9-7-13)26-12-16(11-19(26)27)21(28)25-22-24-20(14(2)29-22)15-4-3-5-17(23)10-15/h3-10,16H,11-12H2,1-2H3,(H,24,25,28). The fourth-order valence-corrected chi connectivity index (χ4v) is 4.45. The third kappa shape index (κ3) is 4.18. The van der Waals surface area contributed by atoms with Gasteiger partial charge in [-0.1, -0.05) is 41.4 Å². The quantitative estimate of drug-likeness (QED) is 0.634. The highest BCUT2D eigenvalue weighted by molar-refractivity contribution is 7.16. The molecule has 1 unspecified atom stereocenters. The Balaban J connectivity index is 1.47. The van der Waals surface area contributed by atoms with Gasteiger partial charge in [0.05, 0.1) is 11.6 Å². The van der Waals surface area contributed by atoms with E-state index in [-0.39, 0.29) is 18.2 Å². The molecule has 2 amide bonds. The zero-order valence-corrected chi connectivity index (χ0v) is 17.7. The Bertz CT molecular complexity index is 1080. The van der Waals surface area contributed by atoms with Crippen molar-refractivity contribution in [1.82, 2.24) is 4.98 Å². The van der Waals surface area contributed by atoms with Crippen LogP contribution in [0.3, 0.4) is 0 Å². The molecule has 1 N–H and O–H groups in total. The lowest BCUT2D eigenvalue weighted by atomic mass is 10.1. The minimum atomic E-state index is -0.400. The fourth-order valence-electron chi connectivity index (χ4n) is 3.42. The van der Waals surface area contributed by atoms with Crippen LogP contribution < -0.4 is 10.2 Å². The Labute approximate surface area is 178 Å². The van der Waals surface area contributed by atoms with Gasteiger partial charge in [-0.2, -0.15) is 0 Å². The lowest BCUT2D eigenvalue weighted by Crippen LogP contribution is -2.28. The molecule has 0 aliphatic carbocycles. The lowest BCUT2D eigenvalue weighted by Gasteiger charge is -2.16. The zero-order chi connectivity index (χ0) is 20.5. The largest absolute Gasteiger partial charge is 0.312 e. The van der Waals surface area contributed by atoms with E-state index in [1.54, 1.807) is 4.90 Å². The number of nitrogens with zero attached hydrogens (tertiary/aromatic N) is 2. The summed E-state index contributed by atoms with van der Waals surface area (Å²) in [6.45, 7) is 4.33. The predicted octanol–water partition coefficient (Wildman–Crippen LogP) is 5.07. The zero-order valence-electron chi connectivity index (χ0n) is 16.1. The van der Waals surface area contributed by atoms with E-state index in [4.69, 9.17) is 11.6 Å². The number of carbonyl (C=O) groups is 2. The smallest absolute Gasteiger partial charge is 0.231 e. The Morgan fingerprint density at radius 3 is 2.69 bits per heavy atom. The van der Waals surface area contributed by atoms with Gasteiger partial charge < -0.3 is 10.2 Å². The molecule has 1 atom stereocenters. The number of nitrogens with one attached hydrogen (secondary N) is 1. The SMILES string of the molecule is Cc1ccc(N2CC(C(=O)Nc3nc(-c4cccc(Cl)c4)c(C)s3)CC2=O)cc1. The average molecular weight is 426 g/mol. The number of benzene rings is 2. The topological polar surface area (TPSA) is 62.3 Å². The molecule has 1 aromatic heterocycles. The molecule has 0 spiro atoms. The molecule has 2 aromatic carbocycles. The second-order valence-electron chi connectivity index (χ2n) is 7.16. The van der Waals surface area contributed by atoms with E-state index in [1.807, 2.05) is 62.4 Å². The maximum atomic E-state index is 12.8. The molecule has 7 heteroatoms.